The van der Waals surface area contributed by atoms with E-state index in [1.165, 1.54) is 41.0 Å². The number of fused-ring (bicyclic) bond motifs is 1. The SMILES string of the molecule is NC(=O)C1(c2cc3c(s2)CCCC3)CC1. The van der Waals surface area contributed by atoms with E-state index >= 15 is 0 Å². The van der Waals surface area contributed by atoms with Gasteiger partial charge in [-0.3, -0.25) is 4.79 Å². The molecule has 2 nitrogen and oxygen atoms in total. The van der Waals surface area contributed by atoms with Crippen LogP contribution in [0.2, 0.25) is 0 Å². The lowest BCUT2D eigenvalue weighted by Gasteiger charge is -2.08. The van der Waals surface area contributed by atoms with E-state index in [2.05, 4.69) is 6.07 Å². The number of thiophene rings is 1. The second kappa shape index (κ2) is 3.08. The summed E-state index contributed by atoms with van der Waals surface area (Å²) in [7, 11) is 0. The molecule has 0 saturated heterocycles. The fourth-order valence-corrected chi connectivity index (χ4v) is 3.97. The van der Waals surface area contributed by atoms with Crippen LogP contribution >= 0.6 is 11.3 Å². The molecule has 80 valence electrons. The number of hydrogen-bond acceptors (Lipinski definition) is 2. The molecule has 1 aromatic heterocycles. The average molecular weight is 221 g/mol. The third-order valence-corrected chi connectivity index (χ3v) is 5.13. The summed E-state index contributed by atoms with van der Waals surface area (Å²) in [5, 5.41) is 0. The van der Waals surface area contributed by atoms with Crippen LogP contribution in [0.3, 0.4) is 0 Å². The van der Waals surface area contributed by atoms with Gasteiger partial charge < -0.3 is 5.73 Å². The summed E-state index contributed by atoms with van der Waals surface area (Å²) in [6.07, 6.45) is 6.92. The fraction of sp³-hybridized carbons (Fsp3) is 0.583. The highest BCUT2D eigenvalue weighted by Crippen LogP contribution is 2.51. The van der Waals surface area contributed by atoms with Gasteiger partial charge in [-0.25, -0.2) is 0 Å². The summed E-state index contributed by atoms with van der Waals surface area (Å²) in [4.78, 5) is 14.2. The zero-order valence-electron chi connectivity index (χ0n) is 8.71. The molecule has 3 rings (SSSR count). The minimum absolute atomic E-state index is 0.124. The van der Waals surface area contributed by atoms with Crippen molar-refractivity contribution < 1.29 is 4.79 Å². The van der Waals surface area contributed by atoms with Crippen molar-refractivity contribution >= 4 is 17.2 Å². The predicted molar refractivity (Wildman–Crippen MR) is 61.1 cm³/mol. The number of amides is 1. The minimum atomic E-state index is -0.262. The first-order chi connectivity index (χ1) is 7.22. The van der Waals surface area contributed by atoms with Crippen LogP contribution < -0.4 is 5.73 Å². The van der Waals surface area contributed by atoms with Crippen LogP contribution in [-0.2, 0) is 23.1 Å². The van der Waals surface area contributed by atoms with Crippen LogP contribution in [0.4, 0.5) is 0 Å². The molecule has 1 saturated carbocycles. The Morgan fingerprint density at radius 3 is 2.67 bits per heavy atom. The molecule has 0 aromatic carbocycles. The molecule has 1 fully saturated rings. The number of rotatable bonds is 2. The zero-order valence-corrected chi connectivity index (χ0v) is 9.53. The van der Waals surface area contributed by atoms with Crippen LogP contribution in [0.15, 0.2) is 6.07 Å². The first-order valence-corrected chi connectivity index (χ1v) is 6.46. The van der Waals surface area contributed by atoms with Crippen molar-refractivity contribution in [3.63, 3.8) is 0 Å². The second-order valence-electron chi connectivity index (χ2n) is 4.71. The van der Waals surface area contributed by atoms with E-state index in [1.807, 2.05) is 11.3 Å². The highest BCUT2D eigenvalue weighted by molar-refractivity contribution is 7.12. The van der Waals surface area contributed by atoms with Gasteiger partial charge in [-0.2, -0.15) is 0 Å². The maximum atomic E-state index is 11.4. The minimum Gasteiger partial charge on any atom is -0.369 e. The van der Waals surface area contributed by atoms with Crippen molar-refractivity contribution in [2.45, 2.75) is 43.9 Å². The molecule has 15 heavy (non-hydrogen) atoms. The molecule has 0 atom stereocenters. The Labute approximate surface area is 93.5 Å². The number of aryl methyl sites for hydroxylation is 2. The first-order valence-electron chi connectivity index (χ1n) is 5.64. The monoisotopic (exact) mass is 221 g/mol. The van der Waals surface area contributed by atoms with Crippen molar-refractivity contribution in [2.75, 3.05) is 0 Å². The van der Waals surface area contributed by atoms with Gasteiger partial charge >= 0.3 is 0 Å². The molecular weight excluding hydrogens is 206 g/mol. The number of hydrogen-bond donors (Lipinski definition) is 1. The van der Waals surface area contributed by atoms with Gasteiger partial charge in [0.2, 0.25) is 5.91 Å². The quantitative estimate of drug-likeness (QED) is 0.817. The van der Waals surface area contributed by atoms with Gasteiger partial charge in [-0.1, -0.05) is 0 Å². The van der Waals surface area contributed by atoms with Crippen molar-refractivity contribution in [1.29, 1.82) is 0 Å². The molecule has 0 radical (unpaired) electrons. The number of primary amides is 1. The van der Waals surface area contributed by atoms with Gasteiger partial charge in [0.25, 0.3) is 0 Å². The number of carbonyl (C=O) groups excluding carboxylic acids is 1. The van der Waals surface area contributed by atoms with Crippen molar-refractivity contribution in [1.82, 2.24) is 0 Å². The van der Waals surface area contributed by atoms with Crippen LogP contribution in [0.1, 0.15) is 41.0 Å². The van der Waals surface area contributed by atoms with E-state index in [0.717, 1.165) is 12.8 Å². The highest BCUT2D eigenvalue weighted by Gasteiger charge is 2.51. The molecular formula is C12H15NOS. The van der Waals surface area contributed by atoms with Crippen LogP contribution in [0.5, 0.6) is 0 Å². The number of carbonyl (C=O) groups is 1. The van der Waals surface area contributed by atoms with Gasteiger partial charge in [0.05, 0.1) is 5.41 Å². The molecule has 0 spiro atoms. The first kappa shape index (κ1) is 9.40. The lowest BCUT2D eigenvalue weighted by atomic mass is 9.97. The molecule has 2 N–H and O–H groups in total. The summed E-state index contributed by atoms with van der Waals surface area (Å²) < 4.78 is 0. The van der Waals surface area contributed by atoms with Gasteiger partial charge in [0, 0.05) is 9.75 Å². The molecule has 0 aliphatic heterocycles. The predicted octanol–water partition coefficient (Wildman–Crippen LogP) is 2.14. The lowest BCUT2D eigenvalue weighted by molar-refractivity contribution is -0.120. The Bertz CT molecular complexity index is 394. The molecule has 2 aliphatic rings. The molecule has 1 aromatic rings. The topological polar surface area (TPSA) is 43.1 Å². The Balaban J connectivity index is 1.99. The molecule has 1 amide bonds. The Kier molecular flexibility index (Phi) is 1.93. The zero-order chi connectivity index (χ0) is 10.5. The Hall–Kier alpha value is -0.830. The van der Waals surface area contributed by atoms with Gasteiger partial charge in [-0.05, 0) is 50.2 Å². The molecule has 1 heterocycles. The van der Waals surface area contributed by atoms with E-state index in [-0.39, 0.29) is 11.3 Å². The van der Waals surface area contributed by atoms with Gasteiger partial charge in [-0.15, -0.1) is 11.3 Å². The van der Waals surface area contributed by atoms with Gasteiger partial charge in [0.1, 0.15) is 0 Å². The van der Waals surface area contributed by atoms with E-state index in [4.69, 9.17) is 5.73 Å². The fourth-order valence-electron chi connectivity index (χ4n) is 2.47. The van der Waals surface area contributed by atoms with Crippen LogP contribution in [0.25, 0.3) is 0 Å². The summed E-state index contributed by atoms with van der Waals surface area (Å²) in [6, 6.07) is 2.25. The molecule has 3 heteroatoms. The van der Waals surface area contributed by atoms with E-state index < -0.39 is 0 Å². The molecule has 2 aliphatic carbocycles. The van der Waals surface area contributed by atoms with Crippen molar-refractivity contribution in [3.05, 3.63) is 21.4 Å². The third-order valence-electron chi connectivity index (χ3n) is 3.69. The van der Waals surface area contributed by atoms with Crippen LogP contribution in [-0.4, -0.2) is 5.91 Å². The number of nitrogens with two attached hydrogens (primary N) is 1. The summed E-state index contributed by atoms with van der Waals surface area (Å²) in [6.45, 7) is 0. The molecule has 0 unspecified atom stereocenters. The largest absolute Gasteiger partial charge is 0.369 e. The van der Waals surface area contributed by atoms with E-state index in [0.29, 0.717) is 0 Å². The van der Waals surface area contributed by atoms with Crippen LogP contribution in [0, 0.1) is 0 Å². The highest BCUT2D eigenvalue weighted by atomic mass is 32.1. The average Bonchev–Trinajstić information content (AvgIpc) is 2.93. The van der Waals surface area contributed by atoms with E-state index in [9.17, 15) is 4.79 Å². The summed E-state index contributed by atoms with van der Waals surface area (Å²) >= 11 is 1.83. The normalized spacial score (nSPS) is 22.1. The summed E-state index contributed by atoms with van der Waals surface area (Å²) in [5.74, 6) is -0.124. The van der Waals surface area contributed by atoms with Crippen molar-refractivity contribution in [3.8, 4) is 0 Å². The molecule has 0 bridgehead atoms. The third kappa shape index (κ3) is 1.33. The van der Waals surface area contributed by atoms with E-state index in [1.54, 1.807) is 0 Å². The maximum absolute atomic E-state index is 11.4. The standard InChI is InChI=1S/C12H15NOS/c13-11(14)12(5-6-12)10-7-8-3-1-2-4-9(8)15-10/h7H,1-6H2,(H2,13,14). The summed E-state index contributed by atoms with van der Waals surface area (Å²) in [5.41, 5.74) is 6.71. The Morgan fingerprint density at radius 1 is 1.33 bits per heavy atom. The maximum Gasteiger partial charge on any atom is 0.228 e. The van der Waals surface area contributed by atoms with Crippen molar-refractivity contribution in [2.24, 2.45) is 5.73 Å². The lowest BCUT2D eigenvalue weighted by Crippen LogP contribution is -2.27. The second-order valence-corrected chi connectivity index (χ2v) is 5.85. The van der Waals surface area contributed by atoms with Gasteiger partial charge in [0.15, 0.2) is 0 Å². The Morgan fingerprint density at radius 2 is 2.07 bits per heavy atom. The smallest absolute Gasteiger partial charge is 0.228 e.